The van der Waals surface area contributed by atoms with Crippen LogP contribution in [-0.2, 0) is 0 Å². The average Bonchev–Trinajstić information content (AvgIpc) is 2.02. The molecular formula is C6H4Cl2F2N2O. The Balaban J connectivity index is 2.67. The third kappa shape index (κ3) is 3.28. The SMILES string of the molecule is FC(F)COc1cnc(Cl)nc1Cl. The summed E-state index contributed by atoms with van der Waals surface area (Å²) < 4.78 is 28.0. The van der Waals surface area contributed by atoms with Crippen molar-refractivity contribution in [2.75, 3.05) is 6.61 Å². The van der Waals surface area contributed by atoms with Gasteiger partial charge in [-0.05, 0) is 11.6 Å². The molecule has 0 amide bonds. The molecule has 72 valence electrons. The third-order valence-electron chi connectivity index (χ3n) is 1.05. The van der Waals surface area contributed by atoms with Crippen molar-refractivity contribution in [1.82, 2.24) is 9.97 Å². The number of rotatable bonds is 3. The van der Waals surface area contributed by atoms with Gasteiger partial charge < -0.3 is 4.74 Å². The molecule has 0 bridgehead atoms. The van der Waals surface area contributed by atoms with Crippen LogP contribution in [0, 0.1) is 0 Å². The topological polar surface area (TPSA) is 35.0 Å². The fourth-order valence-corrected chi connectivity index (χ4v) is 0.940. The lowest BCUT2D eigenvalue weighted by Gasteiger charge is -2.05. The van der Waals surface area contributed by atoms with Crippen molar-refractivity contribution >= 4 is 23.2 Å². The molecule has 1 aromatic rings. The summed E-state index contributed by atoms with van der Waals surface area (Å²) in [6.07, 6.45) is -1.42. The predicted molar refractivity (Wildman–Crippen MR) is 43.6 cm³/mol. The van der Waals surface area contributed by atoms with Gasteiger partial charge >= 0.3 is 0 Å². The molecule has 1 aromatic heterocycles. The van der Waals surface area contributed by atoms with Gasteiger partial charge in [-0.2, -0.15) is 0 Å². The van der Waals surface area contributed by atoms with Gasteiger partial charge in [0.15, 0.2) is 10.9 Å². The summed E-state index contributed by atoms with van der Waals surface area (Å²) in [5.74, 6) is -0.00799. The van der Waals surface area contributed by atoms with Crippen LogP contribution in [0.25, 0.3) is 0 Å². The van der Waals surface area contributed by atoms with Crippen LogP contribution in [-0.4, -0.2) is 23.0 Å². The van der Waals surface area contributed by atoms with E-state index >= 15 is 0 Å². The fraction of sp³-hybridized carbons (Fsp3) is 0.333. The molecule has 0 saturated carbocycles. The average molecular weight is 229 g/mol. The minimum atomic E-state index is -2.56. The van der Waals surface area contributed by atoms with E-state index in [0.717, 1.165) is 6.20 Å². The number of nitrogens with zero attached hydrogens (tertiary/aromatic N) is 2. The maximum absolute atomic E-state index is 11.7. The van der Waals surface area contributed by atoms with Gasteiger partial charge in [0, 0.05) is 0 Å². The van der Waals surface area contributed by atoms with Crippen LogP contribution < -0.4 is 4.74 Å². The molecule has 0 saturated heterocycles. The molecule has 0 aliphatic heterocycles. The number of halogens is 4. The lowest BCUT2D eigenvalue weighted by molar-refractivity contribution is 0.0816. The smallest absolute Gasteiger partial charge is 0.272 e. The van der Waals surface area contributed by atoms with Gasteiger partial charge in [-0.1, -0.05) is 11.6 Å². The van der Waals surface area contributed by atoms with E-state index in [1.165, 1.54) is 0 Å². The van der Waals surface area contributed by atoms with E-state index in [9.17, 15) is 8.78 Å². The second-order valence-electron chi connectivity index (χ2n) is 2.00. The highest BCUT2D eigenvalue weighted by molar-refractivity contribution is 6.32. The van der Waals surface area contributed by atoms with Gasteiger partial charge in [0.2, 0.25) is 5.28 Å². The number of alkyl halides is 2. The molecule has 1 rings (SSSR count). The zero-order chi connectivity index (χ0) is 9.84. The minimum absolute atomic E-state index is 0.00799. The Morgan fingerprint density at radius 2 is 2.15 bits per heavy atom. The molecule has 0 aliphatic carbocycles. The number of aromatic nitrogens is 2. The molecule has 13 heavy (non-hydrogen) atoms. The Hall–Kier alpha value is -0.680. The predicted octanol–water partition coefficient (Wildman–Crippen LogP) is 2.43. The van der Waals surface area contributed by atoms with E-state index in [1.54, 1.807) is 0 Å². The second-order valence-corrected chi connectivity index (χ2v) is 2.69. The Morgan fingerprint density at radius 1 is 1.46 bits per heavy atom. The van der Waals surface area contributed by atoms with E-state index in [4.69, 9.17) is 23.2 Å². The molecule has 0 N–H and O–H groups in total. The highest BCUT2D eigenvalue weighted by Crippen LogP contribution is 2.22. The van der Waals surface area contributed by atoms with Crippen LogP contribution in [0.4, 0.5) is 8.78 Å². The molecule has 1 heterocycles. The summed E-state index contributed by atoms with van der Waals surface area (Å²) in [5.41, 5.74) is 0. The van der Waals surface area contributed by atoms with Crippen LogP contribution in [0.15, 0.2) is 6.20 Å². The maximum Gasteiger partial charge on any atom is 0.272 e. The summed E-state index contributed by atoms with van der Waals surface area (Å²) in [6, 6.07) is 0. The summed E-state index contributed by atoms with van der Waals surface area (Å²) in [6.45, 7) is -0.745. The van der Waals surface area contributed by atoms with E-state index in [2.05, 4.69) is 14.7 Å². The number of hydrogen-bond donors (Lipinski definition) is 0. The Bertz CT molecular complexity index is 298. The van der Waals surface area contributed by atoms with Crippen molar-refractivity contribution in [3.63, 3.8) is 0 Å². The molecule has 0 radical (unpaired) electrons. The molecule has 0 aliphatic rings. The van der Waals surface area contributed by atoms with Crippen molar-refractivity contribution in [1.29, 1.82) is 0 Å². The highest BCUT2D eigenvalue weighted by atomic mass is 35.5. The van der Waals surface area contributed by atoms with E-state index in [-0.39, 0.29) is 16.2 Å². The number of hydrogen-bond acceptors (Lipinski definition) is 3. The fourth-order valence-electron chi connectivity index (χ4n) is 0.580. The summed E-state index contributed by atoms with van der Waals surface area (Å²) in [5, 5.41) is -0.143. The largest absolute Gasteiger partial charge is 0.483 e. The van der Waals surface area contributed by atoms with Crippen molar-refractivity contribution in [3.8, 4) is 5.75 Å². The van der Waals surface area contributed by atoms with Crippen LogP contribution >= 0.6 is 23.2 Å². The van der Waals surface area contributed by atoms with Gasteiger partial charge in [0.1, 0.15) is 6.61 Å². The molecule has 0 spiro atoms. The van der Waals surface area contributed by atoms with Crippen molar-refractivity contribution < 1.29 is 13.5 Å². The lowest BCUT2D eigenvalue weighted by Crippen LogP contribution is -2.07. The first-order valence-electron chi connectivity index (χ1n) is 3.18. The summed E-state index contributed by atoms with van der Waals surface area (Å²) >= 11 is 10.9. The first kappa shape index (κ1) is 10.4. The first-order chi connectivity index (χ1) is 6.09. The number of ether oxygens (including phenoxy) is 1. The standard InChI is InChI=1S/C6H4Cl2F2N2O/c7-5-3(13-2-4(9)10)1-11-6(8)12-5/h1,4H,2H2. The Kier molecular flexibility index (Phi) is 3.62. The normalized spacial score (nSPS) is 10.5. The molecule has 0 aromatic carbocycles. The quantitative estimate of drug-likeness (QED) is 0.589. The maximum atomic E-state index is 11.7. The van der Waals surface area contributed by atoms with E-state index in [1.807, 2.05) is 0 Å². The van der Waals surface area contributed by atoms with Crippen LogP contribution in [0.1, 0.15) is 0 Å². The second kappa shape index (κ2) is 4.53. The Labute approximate surface area is 82.7 Å². The van der Waals surface area contributed by atoms with Gasteiger partial charge in [-0.3, -0.25) is 0 Å². The first-order valence-corrected chi connectivity index (χ1v) is 3.94. The van der Waals surface area contributed by atoms with Gasteiger partial charge in [0.05, 0.1) is 6.20 Å². The van der Waals surface area contributed by atoms with E-state index < -0.39 is 13.0 Å². The molecular weight excluding hydrogens is 225 g/mol. The highest BCUT2D eigenvalue weighted by Gasteiger charge is 2.08. The summed E-state index contributed by atoms with van der Waals surface area (Å²) in [4.78, 5) is 7.02. The Morgan fingerprint density at radius 3 is 2.69 bits per heavy atom. The van der Waals surface area contributed by atoms with Gasteiger partial charge in [-0.25, -0.2) is 18.7 Å². The zero-order valence-corrected chi connectivity index (χ0v) is 7.69. The molecule has 0 fully saturated rings. The van der Waals surface area contributed by atoms with Crippen LogP contribution in [0.5, 0.6) is 5.75 Å². The molecule has 0 atom stereocenters. The molecule has 7 heteroatoms. The summed E-state index contributed by atoms with van der Waals surface area (Å²) in [7, 11) is 0. The zero-order valence-electron chi connectivity index (χ0n) is 6.18. The van der Waals surface area contributed by atoms with Crippen LogP contribution in [0.3, 0.4) is 0 Å². The van der Waals surface area contributed by atoms with E-state index in [0.29, 0.717) is 0 Å². The van der Waals surface area contributed by atoms with Gasteiger partial charge in [-0.15, -0.1) is 0 Å². The van der Waals surface area contributed by atoms with Crippen molar-refractivity contribution in [2.24, 2.45) is 0 Å². The van der Waals surface area contributed by atoms with Crippen molar-refractivity contribution in [2.45, 2.75) is 6.43 Å². The third-order valence-corrected chi connectivity index (χ3v) is 1.50. The lowest BCUT2D eigenvalue weighted by atomic mass is 10.6. The molecule has 3 nitrogen and oxygen atoms in total. The van der Waals surface area contributed by atoms with Crippen LogP contribution in [0.2, 0.25) is 10.4 Å². The molecule has 0 unspecified atom stereocenters. The van der Waals surface area contributed by atoms with Gasteiger partial charge in [0.25, 0.3) is 6.43 Å². The van der Waals surface area contributed by atoms with Crippen molar-refractivity contribution in [3.05, 3.63) is 16.6 Å². The monoisotopic (exact) mass is 228 g/mol. The minimum Gasteiger partial charge on any atom is -0.483 e.